The summed E-state index contributed by atoms with van der Waals surface area (Å²) in [6, 6.07) is 8.00. The first-order chi connectivity index (χ1) is 12.1. The topological polar surface area (TPSA) is 66.5 Å². The summed E-state index contributed by atoms with van der Waals surface area (Å²) in [5.74, 6) is -2.10. The Hall–Kier alpha value is -1.85. The van der Waals surface area contributed by atoms with Crippen LogP contribution in [0.25, 0.3) is 6.08 Å². The molecule has 0 atom stereocenters. The van der Waals surface area contributed by atoms with Gasteiger partial charge in [0, 0.05) is 25.9 Å². The van der Waals surface area contributed by atoms with Gasteiger partial charge in [0.2, 0.25) is 15.9 Å². The number of amides is 1. The molecule has 0 unspecified atom stereocenters. The Bertz CT molecular complexity index is 935. The number of hydrogen-bond donors (Lipinski definition) is 1. The Kier molecular flexibility index (Phi) is 6.48. The lowest BCUT2D eigenvalue weighted by Gasteiger charge is -2.11. The highest BCUT2D eigenvalue weighted by Gasteiger charge is 2.16. The van der Waals surface area contributed by atoms with Gasteiger partial charge in [0.15, 0.2) is 0 Å². The molecule has 0 aliphatic heterocycles. The third-order valence-corrected chi connectivity index (χ3v) is 6.20. The number of nitrogens with one attached hydrogen (secondary N) is 1. The van der Waals surface area contributed by atoms with Crippen molar-refractivity contribution < 1.29 is 22.0 Å². The van der Waals surface area contributed by atoms with E-state index in [1.807, 2.05) is 0 Å². The largest absolute Gasteiger partial charge is 0.322 e. The van der Waals surface area contributed by atoms with Crippen molar-refractivity contribution in [2.75, 3.05) is 19.4 Å². The van der Waals surface area contributed by atoms with E-state index in [1.54, 1.807) is 12.1 Å². The minimum absolute atomic E-state index is 0.00231. The quantitative estimate of drug-likeness (QED) is 0.395. The Balaban J connectivity index is 2.09. The van der Waals surface area contributed by atoms with Crippen LogP contribution in [0.1, 0.15) is 5.56 Å². The molecule has 138 valence electrons. The van der Waals surface area contributed by atoms with Gasteiger partial charge in [-0.3, -0.25) is 4.79 Å². The number of sulfonamides is 1. The monoisotopic (exact) mass is 492 g/mol. The molecule has 26 heavy (non-hydrogen) atoms. The van der Waals surface area contributed by atoms with Crippen molar-refractivity contribution in [2.45, 2.75) is 4.90 Å². The van der Waals surface area contributed by atoms with Crippen LogP contribution in [-0.2, 0) is 14.8 Å². The van der Waals surface area contributed by atoms with Crippen molar-refractivity contribution in [3.63, 3.8) is 0 Å². The first-order valence-electron chi connectivity index (χ1n) is 7.27. The average molecular weight is 492 g/mol. The van der Waals surface area contributed by atoms with Gasteiger partial charge in [0.25, 0.3) is 0 Å². The molecule has 5 nitrogen and oxygen atoms in total. The summed E-state index contributed by atoms with van der Waals surface area (Å²) in [7, 11) is -0.650. The molecule has 2 aromatic carbocycles. The van der Waals surface area contributed by atoms with E-state index in [0.29, 0.717) is 5.56 Å². The first-order valence-corrected chi connectivity index (χ1v) is 9.79. The van der Waals surface area contributed by atoms with Crippen molar-refractivity contribution in [1.82, 2.24) is 4.31 Å². The van der Waals surface area contributed by atoms with E-state index in [0.717, 1.165) is 16.4 Å². The third-order valence-electron chi connectivity index (χ3n) is 3.34. The third kappa shape index (κ3) is 4.86. The molecular formula is C17H15F2IN2O3S. The number of halogens is 3. The molecule has 1 N–H and O–H groups in total. The van der Waals surface area contributed by atoms with E-state index >= 15 is 0 Å². The molecule has 2 aromatic rings. The second-order valence-corrected chi connectivity index (χ2v) is 8.66. The first kappa shape index (κ1) is 20.5. The Morgan fingerprint density at radius 1 is 1.12 bits per heavy atom. The van der Waals surface area contributed by atoms with Gasteiger partial charge >= 0.3 is 0 Å². The highest BCUT2D eigenvalue weighted by atomic mass is 127. The molecule has 0 aliphatic rings. The van der Waals surface area contributed by atoms with E-state index in [9.17, 15) is 22.0 Å². The molecule has 0 spiro atoms. The van der Waals surface area contributed by atoms with Gasteiger partial charge < -0.3 is 5.32 Å². The SMILES string of the molecule is CN(C)S(=O)(=O)c1ccc(C=CC(=O)Nc2cc(F)c(I)c(F)c2)cc1. The number of rotatable bonds is 5. The van der Waals surface area contributed by atoms with Crippen LogP contribution in [0, 0.1) is 15.2 Å². The molecule has 1 amide bonds. The zero-order chi connectivity index (χ0) is 19.5. The van der Waals surface area contributed by atoms with Crippen molar-refractivity contribution >= 4 is 50.3 Å². The summed E-state index contributed by atoms with van der Waals surface area (Å²) >= 11 is 1.53. The molecule has 0 fully saturated rings. The Morgan fingerprint density at radius 2 is 1.65 bits per heavy atom. The van der Waals surface area contributed by atoms with Crippen LogP contribution in [0.4, 0.5) is 14.5 Å². The molecule has 0 saturated carbocycles. The minimum Gasteiger partial charge on any atom is -0.322 e. The summed E-state index contributed by atoms with van der Waals surface area (Å²) in [5, 5.41) is 2.36. The molecule has 0 radical (unpaired) electrons. The lowest BCUT2D eigenvalue weighted by molar-refractivity contribution is -0.111. The molecule has 9 heteroatoms. The van der Waals surface area contributed by atoms with Crippen LogP contribution in [0.5, 0.6) is 0 Å². The summed E-state index contributed by atoms with van der Waals surface area (Å²) in [6.45, 7) is 0. The number of carbonyl (C=O) groups excluding carboxylic acids is 1. The fraction of sp³-hybridized carbons (Fsp3) is 0.118. The standard InChI is InChI=1S/C17H15F2IN2O3S/c1-22(2)26(24,25)13-6-3-11(4-7-13)5-8-16(23)21-12-9-14(18)17(20)15(19)10-12/h3-10H,1-2H3,(H,21,23). The molecule has 0 aliphatic carbocycles. The van der Waals surface area contributed by atoms with E-state index in [-0.39, 0.29) is 14.2 Å². The Morgan fingerprint density at radius 3 is 2.15 bits per heavy atom. The van der Waals surface area contributed by atoms with Crippen LogP contribution in [-0.4, -0.2) is 32.7 Å². The molecular weight excluding hydrogens is 477 g/mol. The Labute approximate surface area is 163 Å². The van der Waals surface area contributed by atoms with Gasteiger partial charge in [-0.25, -0.2) is 21.5 Å². The molecule has 0 saturated heterocycles. The molecule has 0 heterocycles. The van der Waals surface area contributed by atoms with Crippen LogP contribution in [0.3, 0.4) is 0 Å². The lowest BCUT2D eigenvalue weighted by Crippen LogP contribution is -2.22. The number of hydrogen-bond acceptors (Lipinski definition) is 3. The predicted octanol–water partition coefficient (Wildman–Crippen LogP) is 3.47. The van der Waals surface area contributed by atoms with Crippen molar-refractivity contribution in [1.29, 1.82) is 0 Å². The molecule has 0 bridgehead atoms. The summed E-state index contributed by atoms with van der Waals surface area (Å²) in [4.78, 5) is 12.0. The predicted molar refractivity (Wildman–Crippen MR) is 104 cm³/mol. The van der Waals surface area contributed by atoms with Crippen molar-refractivity contribution in [3.05, 3.63) is 63.2 Å². The maximum Gasteiger partial charge on any atom is 0.248 e. The minimum atomic E-state index is -3.52. The molecule has 0 aromatic heterocycles. The number of carbonyl (C=O) groups is 1. The van der Waals surface area contributed by atoms with E-state index in [4.69, 9.17) is 0 Å². The maximum absolute atomic E-state index is 13.5. The maximum atomic E-state index is 13.5. The summed E-state index contributed by atoms with van der Waals surface area (Å²) < 4.78 is 51.8. The fourth-order valence-corrected chi connectivity index (χ4v) is 3.16. The van der Waals surface area contributed by atoms with E-state index in [1.165, 1.54) is 61.0 Å². The average Bonchev–Trinajstić information content (AvgIpc) is 2.58. The number of benzene rings is 2. The zero-order valence-electron chi connectivity index (χ0n) is 13.8. The number of anilines is 1. The van der Waals surface area contributed by atoms with Gasteiger partial charge in [-0.1, -0.05) is 12.1 Å². The van der Waals surface area contributed by atoms with Gasteiger partial charge in [0.1, 0.15) is 11.6 Å². The van der Waals surface area contributed by atoms with Crippen LogP contribution in [0.15, 0.2) is 47.4 Å². The second kappa shape index (κ2) is 8.23. The second-order valence-electron chi connectivity index (χ2n) is 5.43. The lowest BCUT2D eigenvalue weighted by atomic mass is 10.2. The van der Waals surface area contributed by atoms with Gasteiger partial charge in [-0.05, 0) is 58.5 Å². The van der Waals surface area contributed by atoms with Gasteiger partial charge in [-0.15, -0.1) is 0 Å². The summed E-state index contributed by atoms with van der Waals surface area (Å²) in [6.07, 6.45) is 2.64. The van der Waals surface area contributed by atoms with Crippen LogP contribution < -0.4 is 5.32 Å². The summed E-state index contributed by atoms with van der Waals surface area (Å²) in [5.41, 5.74) is 0.598. The van der Waals surface area contributed by atoms with Crippen molar-refractivity contribution in [3.8, 4) is 0 Å². The normalized spacial score (nSPS) is 11.9. The zero-order valence-corrected chi connectivity index (χ0v) is 16.8. The highest BCUT2D eigenvalue weighted by Crippen LogP contribution is 2.20. The van der Waals surface area contributed by atoms with Crippen molar-refractivity contribution in [2.24, 2.45) is 0 Å². The van der Waals surface area contributed by atoms with Gasteiger partial charge in [-0.2, -0.15) is 0 Å². The van der Waals surface area contributed by atoms with E-state index in [2.05, 4.69) is 5.32 Å². The highest BCUT2D eigenvalue weighted by molar-refractivity contribution is 14.1. The van der Waals surface area contributed by atoms with Crippen LogP contribution in [0.2, 0.25) is 0 Å². The fourth-order valence-electron chi connectivity index (χ4n) is 1.95. The van der Waals surface area contributed by atoms with Crippen LogP contribution >= 0.6 is 22.6 Å². The number of nitrogens with zero attached hydrogens (tertiary/aromatic N) is 1. The molecule has 2 rings (SSSR count). The van der Waals surface area contributed by atoms with Gasteiger partial charge in [0.05, 0.1) is 8.47 Å². The smallest absolute Gasteiger partial charge is 0.248 e. The van der Waals surface area contributed by atoms with E-state index < -0.39 is 27.6 Å².